The summed E-state index contributed by atoms with van der Waals surface area (Å²) in [5, 5.41) is 0. The normalized spacial score (nSPS) is 18.2. The van der Waals surface area contributed by atoms with Crippen molar-refractivity contribution in [2.45, 2.75) is 46.3 Å². The minimum atomic E-state index is -0.480. The molecular formula is C17H28N2O3. The number of morpholine rings is 1. The second kappa shape index (κ2) is 8.03. The van der Waals surface area contributed by atoms with Gasteiger partial charge < -0.3 is 20.1 Å². The fourth-order valence-electron chi connectivity index (χ4n) is 2.05. The molecule has 0 aliphatic carbocycles. The maximum absolute atomic E-state index is 12.1. The number of amides is 1. The van der Waals surface area contributed by atoms with E-state index in [9.17, 15) is 4.79 Å². The molecule has 1 aliphatic rings. The molecule has 1 aromatic rings. The first-order chi connectivity index (χ1) is 10.3. The standard InChI is InChI=1S/C15H22N2O3.C2H6/c1-15(2,3)20-14(18)17-8-9-19-13(10-17)11-4-6-12(16)7-5-11;1-2/h4-7,13H,8-10,16H2,1-3H3;1-2H3/t13-;/m1./s1. The van der Waals surface area contributed by atoms with Gasteiger partial charge in [0.15, 0.2) is 0 Å². The van der Waals surface area contributed by atoms with E-state index in [1.807, 2.05) is 58.9 Å². The summed E-state index contributed by atoms with van der Waals surface area (Å²) in [5.74, 6) is 0. The highest BCUT2D eigenvalue weighted by molar-refractivity contribution is 5.68. The van der Waals surface area contributed by atoms with Gasteiger partial charge in [0.2, 0.25) is 0 Å². The molecule has 0 bridgehead atoms. The molecule has 1 aromatic carbocycles. The van der Waals surface area contributed by atoms with Crippen molar-refractivity contribution in [1.29, 1.82) is 0 Å². The number of carbonyl (C=O) groups is 1. The Labute approximate surface area is 133 Å². The van der Waals surface area contributed by atoms with E-state index in [-0.39, 0.29) is 12.2 Å². The van der Waals surface area contributed by atoms with Gasteiger partial charge >= 0.3 is 6.09 Å². The number of hydrogen-bond donors (Lipinski definition) is 1. The average Bonchev–Trinajstić information content (AvgIpc) is 2.48. The van der Waals surface area contributed by atoms with Crippen molar-refractivity contribution in [3.8, 4) is 0 Å². The summed E-state index contributed by atoms with van der Waals surface area (Å²) in [7, 11) is 0. The fraction of sp³-hybridized carbons (Fsp3) is 0.588. The van der Waals surface area contributed by atoms with Gasteiger partial charge in [-0.3, -0.25) is 0 Å². The third-order valence-electron chi connectivity index (χ3n) is 3.03. The molecule has 1 heterocycles. The Morgan fingerprint density at radius 1 is 1.27 bits per heavy atom. The average molecular weight is 308 g/mol. The van der Waals surface area contributed by atoms with Crippen molar-refractivity contribution >= 4 is 11.8 Å². The topological polar surface area (TPSA) is 64.8 Å². The minimum absolute atomic E-state index is 0.128. The number of ether oxygens (including phenoxy) is 2. The molecule has 0 radical (unpaired) electrons. The highest BCUT2D eigenvalue weighted by Gasteiger charge is 2.28. The molecule has 1 fully saturated rings. The lowest BCUT2D eigenvalue weighted by Gasteiger charge is -2.34. The Morgan fingerprint density at radius 2 is 1.86 bits per heavy atom. The Kier molecular flexibility index (Phi) is 6.68. The van der Waals surface area contributed by atoms with E-state index in [2.05, 4.69) is 0 Å². The maximum Gasteiger partial charge on any atom is 0.410 e. The van der Waals surface area contributed by atoms with Gasteiger partial charge in [0.25, 0.3) is 0 Å². The first-order valence-corrected chi connectivity index (χ1v) is 7.80. The Bertz CT molecular complexity index is 466. The highest BCUT2D eigenvalue weighted by atomic mass is 16.6. The predicted octanol–water partition coefficient (Wildman–Crippen LogP) is 3.60. The smallest absolute Gasteiger partial charge is 0.410 e. The van der Waals surface area contributed by atoms with Crippen molar-refractivity contribution in [3.05, 3.63) is 29.8 Å². The van der Waals surface area contributed by atoms with Gasteiger partial charge in [-0.1, -0.05) is 26.0 Å². The van der Waals surface area contributed by atoms with Crippen molar-refractivity contribution < 1.29 is 14.3 Å². The van der Waals surface area contributed by atoms with Crippen LogP contribution in [-0.4, -0.2) is 36.3 Å². The molecule has 1 amide bonds. The Hall–Kier alpha value is -1.75. The van der Waals surface area contributed by atoms with E-state index < -0.39 is 5.60 Å². The third kappa shape index (κ3) is 5.56. The van der Waals surface area contributed by atoms with Crippen LogP contribution in [0.4, 0.5) is 10.5 Å². The van der Waals surface area contributed by atoms with Gasteiger partial charge in [-0.05, 0) is 38.5 Å². The van der Waals surface area contributed by atoms with Crippen LogP contribution < -0.4 is 5.73 Å². The van der Waals surface area contributed by atoms with Crippen LogP contribution in [0.2, 0.25) is 0 Å². The zero-order chi connectivity index (χ0) is 16.8. The highest BCUT2D eigenvalue weighted by Crippen LogP contribution is 2.24. The predicted molar refractivity (Wildman–Crippen MR) is 88.7 cm³/mol. The lowest BCUT2D eigenvalue weighted by atomic mass is 10.1. The summed E-state index contributed by atoms with van der Waals surface area (Å²) in [6.45, 7) is 11.2. The number of nitrogen functional groups attached to an aromatic ring is 1. The number of carbonyl (C=O) groups excluding carboxylic acids is 1. The lowest BCUT2D eigenvalue weighted by molar-refractivity contribution is -0.0432. The summed E-state index contributed by atoms with van der Waals surface area (Å²) in [5.41, 5.74) is 6.93. The van der Waals surface area contributed by atoms with Crippen LogP contribution in [0.25, 0.3) is 0 Å². The van der Waals surface area contributed by atoms with Gasteiger partial charge in [-0.15, -0.1) is 0 Å². The summed E-state index contributed by atoms with van der Waals surface area (Å²) >= 11 is 0. The van der Waals surface area contributed by atoms with Crippen molar-refractivity contribution in [3.63, 3.8) is 0 Å². The van der Waals surface area contributed by atoms with Crippen LogP contribution >= 0.6 is 0 Å². The molecule has 5 nitrogen and oxygen atoms in total. The van der Waals surface area contributed by atoms with Crippen LogP contribution in [0.5, 0.6) is 0 Å². The monoisotopic (exact) mass is 308 g/mol. The van der Waals surface area contributed by atoms with Gasteiger partial charge in [-0.25, -0.2) is 4.79 Å². The van der Waals surface area contributed by atoms with E-state index in [1.165, 1.54) is 0 Å². The Balaban J connectivity index is 0.00000116. The Morgan fingerprint density at radius 3 is 2.41 bits per heavy atom. The van der Waals surface area contributed by atoms with E-state index in [1.54, 1.807) is 4.90 Å². The molecule has 22 heavy (non-hydrogen) atoms. The second-order valence-electron chi connectivity index (χ2n) is 5.95. The minimum Gasteiger partial charge on any atom is -0.444 e. The van der Waals surface area contributed by atoms with Gasteiger partial charge in [0.05, 0.1) is 13.2 Å². The summed E-state index contributed by atoms with van der Waals surface area (Å²) < 4.78 is 11.1. The van der Waals surface area contributed by atoms with Crippen molar-refractivity contribution in [2.75, 3.05) is 25.4 Å². The van der Waals surface area contributed by atoms with Gasteiger partial charge in [0.1, 0.15) is 11.7 Å². The molecule has 5 heteroatoms. The molecule has 0 aromatic heterocycles. The van der Waals surface area contributed by atoms with Crippen LogP contribution in [0.1, 0.15) is 46.3 Å². The zero-order valence-corrected chi connectivity index (χ0v) is 14.3. The molecule has 0 spiro atoms. The van der Waals surface area contributed by atoms with Crippen LogP contribution in [0.15, 0.2) is 24.3 Å². The number of rotatable bonds is 1. The molecule has 0 unspecified atom stereocenters. The van der Waals surface area contributed by atoms with Crippen molar-refractivity contribution in [1.82, 2.24) is 4.90 Å². The second-order valence-corrected chi connectivity index (χ2v) is 5.95. The van der Waals surface area contributed by atoms with E-state index in [4.69, 9.17) is 15.2 Å². The van der Waals surface area contributed by atoms with Crippen LogP contribution in [0, 0.1) is 0 Å². The van der Waals surface area contributed by atoms with Gasteiger partial charge in [-0.2, -0.15) is 0 Å². The number of anilines is 1. The molecule has 1 saturated heterocycles. The van der Waals surface area contributed by atoms with Crippen LogP contribution in [0.3, 0.4) is 0 Å². The quantitative estimate of drug-likeness (QED) is 0.805. The van der Waals surface area contributed by atoms with Crippen molar-refractivity contribution in [2.24, 2.45) is 0 Å². The molecule has 124 valence electrons. The number of nitrogens with two attached hydrogens (primary N) is 1. The summed E-state index contributed by atoms with van der Waals surface area (Å²) in [4.78, 5) is 13.8. The summed E-state index contributed by atoms with van der Waals surface area (Å²) in [6, 6.07) is 7.54. The maximum atomic E-state index is 12.1. The molecule has 1 atom stereocenters. The SMILES string of the molecule is CC.CC(C)(C)OC(=O)N1CCO[C@@H](c2ccc(N)cc2)C1. The summed E-state index contributed by atoms with van der Waals surface area (Å²) in [6.07, 6.45) is -0.418. The molecule has 0 saturated carbocycles. The first kappa shape index (κ1) is 18.3. The number of benzene rings is 1. The number of nitrogens with zero attached hydrogens (tertiary/aromatic N) is 1. The van der Waals surface area contributed by atoms with E-state index in [0.717, 1.165) is 5.56 Å². The van der Waals surface area contributed by atoms with Crippen LogP contribution in [-0.2, 0) is 9.47 Å². The first-order valence-electron chi connectivity index (χ1n) is 7.80. The molecular weight excluding hydrogens is 280 g/mol. The fourth-order valence-corrected chi connectivity index (χ4v) is 2.05. The van der Waals surface area contributed by atoms with E-state index in [0.29, 0.717) is 25.4 Å². The van der Waals surface area contributed by atoms with E-state index >= 15 is 0 Å². The molecule has 2 N–H and O–H groups in total. The molecule has 2 rings (SSSR count). The lowest BCUT2D eigenvalue weighted by Crippen LogP contribution is -2.44. The number of hydrogen-bond acceptors (Lipinski definition) is 4. The zero-order valence-electron chi connectivity index (χ0n) is 14.3. The molecule has 1 aliphatic heterocycles. The largest absolute Gasteiger partial charge is 0.444 e. The third-order valence-corrected chi connectivity index (χ3v) is 3.03. The van der Waals surface area contributed by atoms with Gasteiger partial charge in [0, 0.05) is 12.2 Å².